The van der Waals surface area contributed by atoms with E-state index in [9.17, 15) is 0 Å². The molecule has 2 rings (SSSR count). The lowest BCUT2D eigenvalue weighted by Crippen LogP contribution is -2.22. The summed E-state index contributed by atoms with van der Waals surface area (Å²) < 4.78 is 0. The third-order valence-electron chi connectivity index (χ3n) is 3.32. The lowest BCUT2D eigenvalue weighted by Gasteiger charge is -2.20. The van der Waals surface area contributed by atoms with Crippen LogP contribution in [-0.2, 0) is 6.42 Å². The zero-order chi connectivity index (χ0) is 15.2. The molecule has 0 aliphatic heterocycles. The first-order valence-corrected chi connectivity index (χ1v) is 7.28. The van der Waals surface area contributed by atoms with Crippen molar-refractivity contribution in [1.82, 2.24) is 15.0 Å². The molecule has 2 aromatic rings. The topological polar surface area (TPSA) is 53.9 Å². The first kappa shape index (κ1) is 15.2. The highest BCUT2D eigenvalue weighted by Gasteiger charge is 2.10. The summed E-state index contributed by atoms with van der Waals surface area (Å²) in [5.41, 5.74) is 1.09. The van der Waals surface area contributed by atoms with Crippen LogP contribution in [0.5, 0.6) is 0 Å². The van der Waals surface area contributed by atoms with Crippen LogP contribution in [-0.4, -0.2) is 35.6 Å². The minimum Gasteiger partial charge on any atom is -0.373 e. The number of nitrogens with one attached hydrogen (secondary N) is 1. The molecule has 2 aromatic heterocycles. The highest BCUT2D eigenvalue weighted by atomic mass is 15.2. The van der Waals surface area contributed by atoms with Crippen molar-refractivity contribution in [3.8, 4) is 0 Å². The Balaban J connectivity index is 2.11. The van der Waals surface area contributed by atoms with E-state index in [1.165, 1.54) is 0 Å². The number of pyridine rings is 1. The van der Waals surface area contributed by atoms with E-state index in [1.54, 1.807) is 0 Å². The highest BCUT2D eigenvalue weighted by molar-refractivity contribution is 5.49. The van der Waals surface area contributed by atoms with Gasteiger partial charge in [0.25, 0.3) is 0 Å². The second kappa shape index (κ2) is 7.02. The number of likely N-dealkylation sites (N-methyl/N-ethyl adjacent to an activating group) is 1. The van der Waals surface area contributed by atoms with Gasteiger partial charge in [-0.3, -0.25) is 4.98 Å². The first-order chi connectivity index (χ1) is 10.1. The largest absolute Gasteiger partial charge is 0.373 e. The van der Waals surface area contributed by atoms with Gasteiger partial charge < -0.3 is 10.2 Å². The smallest absolute Gasteiger partial charge is 0.135 e. The van der Waals surface area contributed by atoms with Crippen molar-refractivity contribution in [2.24, 2.45) is 0 Å². The molecule has 2 heterocycles. The second-order valence-electron chi connectivity index (χ2n) is 5.37. The summed E-state index contributed by atoms with van der Waals surface area (Å²) in [6, 6.07) is 7.98. The molecule has 0 amide bonds. The third-order valence-corrected chi connectivity index (χ3v) is 3.32. The van der Waals surface area contributed by atoms with Crippen LogP contribution in [0.1, 0.15) is 31.3 Å². The van der Waals surface area contributed by atoms with E-state index in [0.29, 0.717) is 5.92 Å². The van der Waals surface area contributed by atoms with E-state index in [0.717, 1.165) is 36.1 Å². The van der Waals surface area contributed by atoms with Gasteiger partial charge in [0.15, 0.2) is 0 Å². The molecule has 0 unspecified atom stereocenters. The summed E-state index contributed by atoms with van der Waals surface area (Å²) in [5, 5.41) is 3.10. The molecule has 1 N–H and O–H groups in total. The molecule has 0 aliphatic rings. The summed E-state index contributed by atoms with van der Waals surface area (Å²) in [5.74, 6) is 2.96. The Morgan fingerprint density at radius 2 is 2.05 bits per heavy atom. The number of hydrogen-bond acceptors (Lipinski definition) is 5. The van der Waals surface area contributed by atoms with Crippen molar-refractivity contribution in [3.05, 3.63) is 42.0 Å². The van der Waals surface area contributed by atoms with Crippen LogP contribution in [0.15, 0.2) is 30.5 Å². The Morgan fingerprint density at radius 1 is 1.24 bits per heavy atom. The Bertz CT molecular complexity index is 568. The average molecular weight is 285 g/mol. The monoisotopic (exact) mass is 285 g/mol. The molecule has 0 bridgehead atoms. The van der Waals surface area contributed by atoms with Crippen LogP contribution in [0.2, 0.25) is 0 Å². The SMILES string of the molecule is CNc1cc(N(C)CCc2ccccn2)nc(C(C)C)n1. The molecule has 112 valence electrons. The molecule has 0 aromatic carbocycles. The van der Waals surface area contributed by atoms with Gasteiger partial charge in [0, 0.05) is 50.9 Å². The van der Waals surface area contributed by atoms with E-state index < -0.39 is 0 Å². The van der Waals surface area contributed by atoms with Gasteiger partial charge >= 0.3 is 0 Å². The minimum absolute atomic E-state index is 0.307. The van der Waals surface area contributed by atoms with Gasteiger partial charge in [0.05, 0.1) is 0 Å². The first-order valence-electron chi connectivity index (χ1n) is 7.28. The lowest BCUT2D eigenvalue weighted by molar-refractivity contribution is 0.760. The molecule has 0 atom stereocenters. The zero-order valence-corrected chi connectivity index (χ0v) is 13.2. The molecule has 0 spiro atoms. The van der Waals surface area contributed by atoms with Crippen LogP contribution in [0, 0.1) is 0 Å². The molecule has 21 heavy (non-hydrogen) atoms. The Kier molecular flexibility index (Phi) is 5.09. The molecule has 0 saturated carbocycles. The second-order valence-corrected chi connectivity index (χ2v) is 5.37. The van der Waals surface area contributed by atoms with E-state index in [2.05, 4.69) is 46.1 Å². The summed E-state index contributed by atoms with van der Waals surface area (Å²) in [6.07, 6.45) is 2.73. The van der Waals surface area contributed by atoms with Crippen molar-refractivity contribution in [2.75, 3.05) is 30.9 Å². The van der Waals surface area contributed by atoms with Gasteiger partial charge in [-0.25, -0.2) is 9.97 Å². The van der Waals surface area contributed by atoms with Crippen molar-refractivity contribution in [2.45, 2.75) is 26.2 Å². The third kappa shape index (κ3) is 4.15. The maximum absolute atomic E-state index is 4.65. The van der Waals surface area contributed by atoms with Crippen molar-refractivity contribution in [3.63, 3.8) is 0 Å². The Labute approximate surface area is 126 Å². The van der Waals surface area contributed by atoms with E-state index in [1.807, 2.05) is 37.5 Å². The van der Waals surface area contributed by atoms with Crippen molar-refractivity contribution in [1.29, 1.82) is 0 Å². The van der Waals surface area contributed by atoms with Crippen molar-refractivity contribution >= 4 is 11.6 Å². The molecule has 0 fully saturated rings. The Hall–Kier alpha value is -2.17. The molecule has 0 saturated heterocycles. The van der Waals surface area contributed by atoms with Gasteiger partial charge in [0.2, 0.25) is 0 Å². The highest BCUT2D eigenvalue weighted by Crippen LogP contribution is 2.19. The Morgan fingerprint density at radius 3 is 2.67 bits per heavy atom. The van der Waals surface area contributed by atoms with Crippen LogP contribution >= 0.6 is 0 Å². The number of rotatable bonds is 6. The quantitative estimate of drug-likeness (QED) is 0.884. The molecular formula is C16H23N5. The summed E-state index contributed by atoms with van der Waals surface area (Å²) in [4.78, 5) is 15.6. The number of aromatic nitrogens is 3. The predicted molar refractivity (Wildman–Crippen MR) is 86.9 cm³/mol. The zero-order valence-electron chi connectivity index (χ0n) is 13.2. The summed E-state index contributed by atoms with van der Waals surface area (Å²) >= 11 is 0. The molecule has 5 heteroatoms. The average Bonchev–Trinajstić information content (AvgIpc) is 2.53. The van der Waals surface area contributed by atoms with E-state index >= 15 is 0 Å². The minimum atomic E-state index is 0.307. The number of hydrogen-bond donors (Lipinski definition) is 1. The van der Waals surface area contributed by atoms with Gasteiger partial charge in [-0.15, -0.1) is 0 Å². The molecule has 0 aliphatic carbocycles. The van der Waals surface area contributed by atoms with Gasteiger partial charge in [-0.05, 0) is 12.1 Å². The van der Waals surface area contributed by atoms with E-state index in [-0.39, 0.29) is 0 Å². The van der Waals surface area contributed by atoms with E-state index in [4.69, 9.17) is 0 Å². The molecule has 0 radical (unpaired) electrons. The standard InChI is InChI=1S/C16H23N5/c1-12(2)16-19-14(17-3)11-15(20-16)21(4)10-8-13-7-5-6-9-18-13/h5-7,9,11-12H,8,10H2,1-4H3,(H,17,19,20). The van der Waals surface area contributed by atoms with Crippen LogP contribution in [0.3, 0.4) is 0 Å². The normalized spacial score (nSPS) is 10.7. The van der Waals surface area contributed by atoms with Gasteiger partial charge in [-0.1, -0.05) is 19.9 Å². The number of nitrogens with zero attached hydrogens (tertiary/aromatic N) is 4. The fraction of sp³-hybridized carbons (Fsp3) is 0.438. The molecular weight excluding hydrogens is 262 g/mol. The summed E-state index contributed by atoms with van der Waals surface area (Å²) in [6.45, 7) is 5.08. The maximum atomic E-state index is 4.65. The lowest BCUT2D eigenvalue weighted by atomic mass is 10.2. The number of anilines is 2. The fourth-order valence-electron chi connectivity index (χ4n) is 1.98. The van der Waals surface area contributed by atoms with Gasteiger partial charge in [0.1, 0.15) is 17.5 Å². The predicted octanol–water partition coefficient (Wildman–Crippen LogP) is 2.72. The fourth-order valence-corrected chi connectivity index (χ4v) is 1.98. The van der Waals surface area contributed by atoms with Crippen LogP contribution in [0.4, 0.5) is 11.6 Å². The van der Waals surface area contributed by atoms with Crippen LogP contribution in [0.25, 0.3) is 0 Å². The van der Waals surface area contributed by atoms with Gasteiger partial charge in [-0.2, -0.15) is 0 Å². The van der Waals surface area contributed by atoms with Crippen molar-refractivity contribution < 1.29 is 0 Å². The summed E-state index contributed by atoms with van der Waals surface area (Å²) in [7, 11) is 3.93. The van der Waals surface area contributed by atoms with Crippen LogP contribution < -0.4 is 10.2 Å². The molecule has 5 nitrogen and oxygen atoms in total. The maximum Gasteiger partial charge on any atom is 0.135 e.